The van der Waals surface area contributed by atoms with E-state index in [0.717, 1.165) is 0 Å². The highest BCUT2D eigenvalue weighted by atomic mass is 16.5. The maximum absolute atomic E-state index is 13.0. The Morgan fingerprint density at radius 3 is 2.59 bits per heavy atom. The van der Waals surface area contributed by atoms with Crippen molar-refractivity contribution < 1.29 is 18.9 Å². The van der Waals surface area contributed by atoms with Crippen molar-refractivity contribution in [1.29, 1.82) is 0 Å². The lowest BCUT2D eigenvalue weighted by Gasteiger charge is -2.09. The number of fused-ring (bicyclic) bond motifs is 1. The zero-order valence-electron chi connectivity index (χ0n) is 19.0. The molecule has 3 heterocycles. The lowest BCUT2D eigenvalue weighted by Crippen LogP contribution is -2.22. The average Bonchev–Trinajstić information content (AvgIpc) is 3.37. The molecule has 0 radical (unpaired) electrons. The van der Waals surface area contributed by atoms with Crippen molar-refractivity contribution in [1.82, 2.24) is 29.8 Å². The van der Waals surface area contributed by atoms with E-state index in [1.165, 1.54) is 11.0 Å². The molecular formula is C22H22N8O4. The van der Waals surface area contributed by atoms with Crippen molar-refractivity contribution in [3.8, 4) is 0 Å². The van der Waals surface area contributed by atoms with Gasteiger partial charge in [-0.2, -0.15) is 10.1 Å². The molecule has 12 nitrogen and oxygen atoms in total. The van der Waals surface area contributed by atoms with Crippen LogP contribution in [0.4, 0.5) is 5.69 Å². The molecule has 12 heteroatoms. The van der Waals surface area contributed by atoms with E-state index in [1.807, 2.05) is 0 Å². The minimum Gasteiger partial charge on any atom is -0.366 e. The van der Waals surface area contributed by atoms with Gasteiger partial charge in [-0.15, -0.1) is 0 Å². The number of anilines is 1. The Labute approximate surface area is 193 Å². The number of aryl methyl sites for hydroxylation is 1. The van der Waals surface area contributed by atoms with Crippen LogP contribution in [0.15, 0.2) is 34.9 Å². The van der Waals surface area contributed by atoms with Gasteiger partial charge in [0, 0.05) is 19.5 Å². The second-order valence-corrected chi connectivity index (χ2v) is 7.81. The van der Waals surface area contributed by atoms with Gasteiger partial charge in [-0.3, -0.25) is 19.1 Å². The summed E-state index contributed by atoms with van der Waals surface area (Å²) in [4.78, 5) is 46.7. The number of hydrogen-bond donors (Lipinski definition) is 2. The van der Waals surface area contributed by atoms with Crippen molar-refractivity contribution in [3.05, 3.63) is 64.7 Å². The van der Waals surface area contributed by atoms with Gasteiger partial charge in [-0.05, 0) is 26.0 Å². The number of para-hydroxylation sites is 1. The minimum atomic E-state index is -0.653. The average molecular weight is 462 g/mol. The summed E-state index contributed by atoms with van der Waals surface area (Å²) in [5.41, 5.74) is 7.90. The van der Waals surface area contributed by atoms with Gasteiger partial charge < -0.3 is 20.5 Å². The number of nitrogens with one attached hydrogen (secondary N) is 1. The fraction of sp³-hybridized carbons (Fsp3) is 0.227. The van der Waals surface area contributed by atoms with E-state index in [1.54, 1.807) is 56.9 Å². The van der Waals surface area contributed by atoms with E-state index in [0.29, 0.717) is 28.0 Å². The Kier molecular flexibility index (Phi) is 5.80. The normalized spacial score (nSPS) is 10.9. The van der Waals surface area contributed by atoms with E-state index < -0.39 is 17.7 Å². The highest BCUT2D eigenvalue weighted by Crippen LogP contribution is 2.23. The largest absolute Gasteiger partial charge is 0.366 e. The topological polar surface area (TPSA) is 162 Å². The second-order valence-electron chi connectivity index (χ2n) is 7.81. The van der Waals surface area contributed by atoms with Crippen LogP contribution in [0.25, 0.3) is 10.9 Å². The van der Waals surface area contributed by atoms with Crippen molar-refractivity contribution in [3.63, 3.8) is 0 Å². The van der Waals surface area contributed by atoms with Gasteiger partial charge in [-0.1, -0.05) is 23.4 Å². The van der Waals surface area contributed by atoms with E-state index in [9.17, 15) is 14.4 Å². The quantitative estimate of drug-likeness (QED) is 0.436. The van der Waals surface area contributed by atoms with Crippen LogP contribution in [-0.4, -0.2) is 61.6 Å². The molecule has 4 aromatic rings. The first-order valence-corrected chi connectivity index (χ1v) is 10.2. The number of carbonyl (C=O) groups is 3. The molecule has 0 aliphatic rings. The standard InChI is InChI=1S/C22H22N8O4/c1-11-18(12(2)30(27-11)10-17-25-21(34-28-17)22(33)29(3)4)26-20(32)16-9-14(19(23)31)13-7-5-6-8-15(13)24-16/h5-9H,10H2,1-4H3,(H2,23,31)(H,26,32). The van der Waals surface area contributed by atoms with Crippen LogP contribution in [0, 0.1) is 13.8 Å². The number of nitrogens with two attached hydrogens (primary N) is 1. The van der Waals surface area contributed by atoms with Gasteiger partial charge >= 0.3 is 11.8 Å². The van der Waals surface area contributed by atoms with Crippen LogP contribution in [0.5, 0.6) is 0 Å². The summed E-state index contributed by atoms with van der Waals surface area (Å²) in [5.74, 6) is -1.44. The maximum Gasteiger partial charge on any atom is 0.316 e. The predicted molar refractivity (Wildman–Crippen MR) is 121 cm³/mol. The Hall–Kier alpha value is -4.61. The summed E-state index contributed by atoms with van der Waals surface area (Å²) in [6, 6.07) is 8.32. The van der Waals surface area contributed by atoms with Crippen LogP contribution in [0.1, 0.15) is 48.7 Å². The number of rotatable bonds is 6. The van der Waals surface area contributed by atoms with Gasteiger partial charge in [0.25, 0.3) is 5.91 Å². The van der Waals surface area contributed by atoms with E-state index in [-0.39, 0.29) is 29.5 Å². The molecule has 0 saturated heterocycles. The van der Waals surface area contributed by atoms with E-state index in [2.05, 4.69) is 25.5 Å². The van der Waals surface area contributed by atoms with Gasteiger partial charge in [0.1, 0.15) is 12.2 Å². The number of hydrogen-bond acceptors (Lipinski definition) is 8. The summed E-state index contributed by atoms with van der Waals surface area (Å²) in [6.07, 6.45) is 0. The smallest absolute Gasteiger partial charge is 0.316 e. The zero-order valence-corrected chi connectivity index (χ0v) is 19.0. The molecule has 3 N–H and O–H groups in total. The summed E-state index contributed by atoms with van der Waals surface area (Å²) >= 11 is 0. The molecule has 0 bridgehead atoms. The molecule has 0 atom stereocenters. The van der Waals surface area contributed by atoms with Gasteiger partial charge in [0.2, 0.25) is 5.91 Å². The first-order valence-electron chi connectivity index (χ1n) is 10.2. The molecule has 0 fully saturated rings. The third-order valence-electron chi connectivity index (χ3n) is 5.18. The first-order chi connectivity index (χ1) is 16.2. The molecule has 0 saturated carbocycles. The fourth-order valence-electron chi connectivity index (χ4n) is 3.44. The highest BCUT2D eigenvalue weighted by molar-refractivity contribution is 6.10. The van der Waals surface area contributed by atoms with Gasteiger partial charge in [0.05, 0.1) is 28.2 Å². The molecule has 0 aliphatic carbocycles. The van der Waals surface area contributed by atoms with Crippen molar-refractivity contribution >= 4 is 34.3 Å². The van der Waals surface area contributed by atoms with E-state index in [4.69, 9.17) is 10.3 Å². The Morgan fingerprint density at radius 2 is 1.88 bits per heavy atom. The number of primary amides is 1. The molecule has 3 aromatic heterocycles. The zero-order chi connectivity index (χ0) is 24.6. The predicted octanol–water partition coefficient (Wildman–Crippen LogP) is 1.53. The second kappa shape index (κ2) is 8.73. The molecule has 1 aromatic carbocycles. The first kappa shape index (κ1) is 22.6. The summed E-state index contributed by atoms with van der Waals surface area (Å²) in [6.45, 7) is 3.63. The van der Waals surface area contributed by atoms with Crippen LogP contribution in [-0.2, 0) is 6.54 Å². The number of aromatic nitrogens is 5. The number of benzene rings is 1. The van der Waals surface area contributed by atoms with Crippen molar-refractivity contribution in [2.24, 2.45) is 5.73 Å². The van der Waals surface area contributed by atoms with Crippen molar-refractivity contribution in [2.75, 3.05) is 19.4 Å². The molecule has 4 rings (SSSR count). The van der Waals surface area contributed by atoms with Crippen LogP contribution in [0.3, 0.4) is 0 Å². The van der Waals surface area contributed by atoms with Gasteiger partial charge in [0.15, 0.2) is 5.82 Å². The fourth-order valence-corrected chi connectivity index (χ4v) is 3.44. The maximum atomic E-state index is 13.0. The molecule has 174 valence electrons. The lowest BCUT2D eigenvalue weighted by molar-refractivity contribution is 0.0778. The molecule has 0 unspecified atom stereocenters. The third kappa shape index (κ3) is 4.20. The Bertz CT molecular complexity index is 1440. The third-order valence-corrected chi connectivity index (χ3v) is 5.18. The van der Waals surface area contributed by atoms with Crippen LogP contribution >= 0.6 is 0 Å². The molecule has 3 amide bonds. The summed E-state index contributed by atoms with van der Waals surface area (Å²) in [7, 11) is 3.16. The number of amides is 3. The number of nitrogens with zero attached hydrogens (tertiary/aromatic N) is 6. The Balaban J connectivity index is 1.59. The summed E-state index contributed by atoms with van der Waals surface area (Å²) in [5, 5.41) is 11.6. The van der Waals surface area contributed by atoms with Crippen LogP contribution in [0.2, 0.25) is 0 Å². The van der Waals surface area contributed by atoms with Crippen LogP contribution < -0.4 is 11.1 Å². The molecule has 0 spiro atoms. The Morgan fingerprint density at radius 1 is 1.15 bits per heavy atom. The SMILES string of the molecule is Cc1nn(Cc2noc(C(=O)N(C)C)n2)c(C)c1NC(=O)c1cc(C(N)=O)c2ccccc2n1. The summed E-state index contributed by atoms with van der Waals surface area (Å²) < 4.78 is 6.60. The molecule has 34 heavy (non-hydrogen) atoms. The number of pyridine rings is 1. The minimum absolute atomic E-state index is 0.0454. The lowest BCUT2D eigenvalue weighted by atomic mass is 10.1. The van der Waals surface area contributed by atoms with Crippen molar-refractivity contribution in [2.45, 2.75) is 20.4 Å². The van der Waals surface area contributed by atoms with Gasteiger partial charge in [-0.25, -0.2) is 4.98 Å². The van der Waals surface area contributed by atoms with E-state index >= 15 is 0 Å². The highest BCUT2D eigenvalue weighted by Gasteiger charge is 2.21. The molecule has 0 aliphatic heterocycles. The molecular weight excluding hydrogens is 440 g/mol. The number of carbonyl (C=O) groups excluding carboxylic acids is 3. The monoisotopic (exact) mass is 462 g/mol.